The fraction of sp³-hybridized carbons (Fsp3) is 0.875. The number of aliphatic imine (C=N–C) groups is 1. The molecule has 0 saturated carbocycles. The lowest BCUT2D eigenvalue weighted by Crippen LogP contribution is -2.41. The molecule has 0 aromatic carbocycles. The van der Waals surface area contributed by atoms with Crippen LogP contribution in [-0.4, -0.2) is 17.0 Å². The fourth-order valence-corrected chi connectivity index (χ4v) is 1.05. The van der Waals surface area contributed by atoms with Crippen LogP contribution in [0.15, 0.2) is 4.99 Å². The Morgan fingerprint density at radius 3 is 1.80 bits per heavy atom. The molecule has 1 aliphatic rings. The van der Waals surface area contributed by atoms with Crippen molar-refractivity contribution in [3.63, 3.8) is 0 Å². The summed E-state index contributed by atoms with van der Waals surface area (Å²) in [6.45, 7) is 10.2. The molecular formula is C8H15NO. The van der Waals surface area contributed by atoms with Crippen molar-refractivity contribution in [2.75, 3.05) is 0 Å². The zero-order valence-electron chi connectivity index (χ0n) is 7.36. The number of nitrogens with zero attached hydrogens (tertiary/aromatic N) is 1. The minimum atomic E-state index is -0.142. The molecule has 2 nitrogen and oxygen atoms in total. The van der Waals surface area contributed by atoms with E-state index < -0.39 is 0 Å². The van der Waals surface area contributed by atoms with Crippen molar-refractivity contribution in [2.24, 2.45) is 4.99 Å². The van der Waals surface area contributed by atoms with E-state index in [1.807, 2.05) is 6.92 Å². The van der Waals surface area contributed by atoms with Crippen LogP contribution in [0.2, 0.25) is 0 Å². The minimum absolute atomic E-state index is 0.0723. The van der Waals surface area contributed by atoms with E-state index in [0.717, 1.165) is 5.90 Å². The Kier molecular flexibility index (Phi) is 1.32. The topological polar surface area (TPSA) is 21.6 Å². The summed E-state index contributed by atoms with van der Waals surface area (Å²) in [6.07, 6.45) is 0. The van der Waals surface area contributed by atoms with E-state index in [4.69, 9.17) is 4.74 Å². The number of rotatable bonds is 0. The van der Waals surface area contributed by atoms with Crippen LogP contribution < -0.4 is 0 Å². The molecule has 0 N–H and O–H groups in total. The third-order valence-corrected chi connectivity index (χ3v) is 2.31. The summed E-state index contributed by atoms with van der Waals surface area (Å²) in [4.78, 5) is 4.37. The van der Waals surface area contributed by atoms with E-state index in [-0.39, 0.29) is 11.1 Å². The van der Waals surface area contributed by atoms with Gasteiger partial charge in [0, 0.05) is 6.92 Å². The molecule has 1 heterocycles. The molecule has 58 valence electrons. The Balaban J connectivity index is 2.92. The second kappa shape index (κ2) is 1.74. The molecule has 0 saturated heterocycles. The van der Waals surface area contributed by atoms with E-state index >= 15 is 0 Å². The van der Waals surface area contributed by atoms with Gasteiger partial charge in [0.1, 0.15) is 5.60 Å². The predicted octanol–water partition coefficient (Wildman–Crippen LogP) is 1.99. The first-order chi connectivity index (χ1) is 4.35. The highest BCUT2D eigenvalue weighted by atomic mass is 16.5. The van der Waals surface area contributed by atoms with Gasteiger partial charge >= 0.3 is 0 Å². The second-order valence-electron chi connectivity index (χ2n) is 3.80. The van der Waals surface area contributed by atoms with Crippen molar-refractivity contribution in [1.82, 2.24) is 0 Å². The predicted molar refractivity (Wildman–Crippen MR) is 42.4 cm³/mol. The molecule has 0 unspecified atom stereocenters. The monoisotopic (exact) mass is 141 g/mol. The number of ether oxygens (including phenoxy) is 1. The molecule has 2 heteroatoms. The Bertz CT molecular complexity index is 180. The van der Waals surface area contributed by atoms with Crippen LogP contribution in [0.25, 0.3) is 0 Å². The van der Waals surface area contributed by atoms with Gasteiger partial charge < -0.3 is 4.74 Å². The largest absolute Gasteiger partial charge is 0.473 e. The Hall–Kier alpha value is -0.530. The van der Waals surface area contributed by atoms with Crippen LogP contribution in [0.5, 0.6) is 0 Å². The van der Waals surface area contributed by atoms with E-state index in [1.54, 1.807) is 0 Å². The minimum Gasteiger partial charge on any atom is -0.473 e. The van der Waals surface area contributed by atoms with Crippen molar-refractivity contribution in [3.05, 3.63) is 0 Å². The summed E-state index contributed by atoms with van der Waals surface area (Å²) < 4.78 is 5.51. The molecule has 0 atom stereocenters. The van der Waals surface area contributed by atoms with Crippen molar-refractivity contribution >= 4 is 5.90 Å². The normalized spacial score (nSPS) is 27.5. The zero-order chi connectivity index (χ0) is 7.99. The summed E-state index contributed by atoms with van der Waals surface area (Å²) in [7, 11) is 0. The van der Waals surface area contributed by atoms with E-state index in [2.05, 4.69) is 32.7 Å². The van der Waals surface area contributed by atoms with E-state index in [1.165, 1.54) is 0 Å². The van der Waals surface area contributed by atoms with Gasteiger partial charge in [0.2, 0.25) is 0 Å². The van der Waals surface area contributed by atoms with Gasteiger partial charge in [-0.25, -0.2) is 4.99 Å². The maximum Gasteiger partial charge on any atom is 0.181 e. The summed E-state index contributed by atoms with van der Waals surface area (Å²) in [6, 6.07) is 0. The highest BCUT2D eigenvalue weighted by molar-refractivity contribution is 5.76. The molecule has 1 rings (SSSR count). The average Bonchev–Trinajstić information content (AvgIpc) is 1.73. The fourth-order valence-electron chi connectivity index (χ4n) is 1.05. The second-order valence-corrected chi connectivity index (χ2v) is 3.80. The van der Waals surface area contributed by atoms with Crippen LogP contribution in [0.4, 0.5) is 0 Å². The first-order valence-electron chi connectivity index (χ1n) is 3.61. The van der Waals surface area contributed by atoms with E-state index in [9.17, 15) is 0 Å². The van der Waals surface area contributed by atoms with Gasteiger partial charge in [-0.1, -0.05) is 0 Å². The molecule has 0 bridgehead atoms. The quantitative estimate of drug-likeness (QED) is 0.505. The highest BCUT2D eigenvalue weighted by Gasteiger charge is 2.43. The molecule has 10 heavy (non-hydrogen) atoms. The zero-order valence-corrected chi connectivity index (χ0v) is 7.36. The van der Waals surface area contributed by atoms with Crippen LogP contribution >= 0.6 is 0 Å². The van der Waals surface area contributed by atoms with Crippen LogP contribution in [-0.2, 0) is 4.74 Å². The SMILES string of the molecule is CC1=NC(C)(C)C(C)(C)O1. The smallest absolute Gasteiger partial charge is 0.181 e. The molecular weight excluding hydrogens is 126 g/mol. The first-order valence-corrected chi connectivity index (χ1v) is 3.61. The summed E-state index contributed by atoms with van der Waals surface area (Å²) in [5.74, 6) is 0.801. The maximum atomic E-state index is 5.51. The van der Waals surface area contributed by atoms with Crippen LogP contribution in [0.1, 0.15) is 34.6 Å². The number of hydrogen-bond donors (Lipinski definition) is 0. The summed E-state index contributed by atoms with van der Waals surface area (Å²) in [5, 5.41) is 0. The lowest BCUT2D eigenvalue weighted by Gasteiger charge is -2.30. The van der Waals surface area contributed by atoms with E-state index in [0.29, 0.717) is 0 Å². The molecule has 1 aliphatic heterocycles. The Labute approximate surface area is 62.3 Å². The van der Waals surface area contributed by atoms with Crippen LogP contribution in [0.3, 0.4) is 0 Å². The third kappa shape index (κ3) is 0.917. The maximum absolute atomic E-state index is 5.51. The molecule has 0 aromatic heterocycles. The van der Waals surface area contributed by atoms with Gasteiger partial charge in [0.25, 0.3) is 0 Å². The highest BCUT2D eigenvalue weighted by Crippen LogP contribution is 2.34. The van der Waals surface area contributed by atoms with Crippen molar-refractivity contribution in [1.29, 1.82) is 0 Å². The van der Waals surface area contributed by atoms with Crippen LogP contribution in [0, 0.1) is 0 Å². The van der Waals surface area contributed by atoms with Gasteiger partial charge in [0.05, 0.1) is 5.54 Å². The molecule has 0 aromatic rings. The van der Waals surface area contributed by atoms with Gasteiger partial charge in [-0.2, -0.15) is 0 Å². The molecule has 0 radical (unpaired) electrons. The molecule has 0 aliphatic carbocycles. The van der Waals surface area contributed by atoms with Gasteiger partial charge in [-0.3, -0.25) is 0 Å². The Morgan fingerprint density at radius 1 is 1.20 bits per heavy atom. The first kappa shape index (κ1) is 7.58. The molecule has 0 fully saturated rings. The number of hydrogen-bond acceptors (Lipinski definition) is 2. The average molecular weight is 141 g/mol. The van der Waals surface area contributed by atoms with Crippen molar-refractivity contribution in [3.8, 4) is 0 Å². The standard InChI is InChI=1S/C8H15NO/c1-6-9-7(2,3)8(4,5)10-6/h1-5H3. The van der Waals surface area contributed by atoms with Crippen molar-refractivity contribution < 1.29 is 4.74 Å². The van der Waals surface area contributed by atoms with Gasteiger partial charge in [-0.05, 0) is 27.7 Å². The lowest BCUT2D eigenvalue weighted by molar-refractivity contribution is 0.0608. The van der Waals surface area contributed by atoms with Gasteiger partial charge in [0.15, 0.2) is 5.90 Å². The van der Waals surface area contributed by atoms with Crippen molar-refractivity contribution in [2.45, 2.75) is 45.8 Å². The third-order valence-electron chi connectivity index (χ3n) is 2.31. The summed E-state index contributed by atoms with van der Waals surface area (Å²) in [5.41, 5.74) is -0.214. The molecule has 0 spiro atoms. The summed E-state index contributed by atoms with van der Waals surface area (Å²) >= 11 is 0. The van der Waals surface area contributed by atoms with Gasteiger partial charge in [-0.15, -0.1) is 0 Å². The Morgan fingerprint density at radius 2 is 1.70 bits per heavy atom. The molecule has 0 amide bonds. The lowest BCUT2D eigenvalue weighted by atomic mass is 9.87.